The molecular formula is C28H25N7OS. The Bertz CT molecular complexity index is 1730. The zero-order valence-electron chi connectivity index (χ0n) is 20.3. The second-order valence-electron chi connectivity index (χ2n) is 9.34. The highest BCUT2D eigenvalue weighted by molar-refractivity contribution is 7.15. The van der Waals surface area contributed by atoms with Crippen molar-refractivity contribution in [3.05, 3.63) is 65.8 Å². The number of hydrogen-bond donors (Lipinski definition) is 3. The molecule has 37 heavy (non-hydrogen) atoms. The molecule has 6 aromatic rings. The smallest absolute Gasteiger partial charge is 0.161 e. The van der Waals surface area contributed by atoms with Gasteiger partial charge in [0.2, 0.25) is 0 Å². The average Bonchev–Trinajstić information content (AvgIpc) is 3.66. The van der Waals surface area contributed by atoms with Gasteiger partial charge in [-0.2, -0.15) is 5.10 Å². The molecule has 1 aromatic carbocycles. The number of aromatic amines is 2. The third-order valence-corrected chi connectivity index (χ3v) is 7.78. The van der Waals surface area contributed by atoms with Gasteiger partial charge in [-0.25, -0.2) is 9.97 Å². The maximum Gasteiger partial charge on any atom is 0.161 e. The number of pyridine rings is 2. The zero-order valence-corrected chi connectivity index (χ0v) is 21.1. The number of para-hydroxylation sites is 1. The van der Waals surface area contributed by atoms with Crippen LogP contribution >= 0.6 is 11.3 Å². The van der Waals surface area contributed by atoms with Crippen molar-refractivity contribution in [1.82, 2.24) is 35.5 Å². The molecule has 0 bridgehead atoms. The van der Waals surface area contributed by atoms with Crippen LogP contribution in [0.4, 0.5) is 0 Å². The maximum absolute atomic E-state index is 6.20. The van der Waals surface area contributed by atoms with Crippen molar-refractivity contribution >= 4 is 33.4 Å². The molecule has 7 rings (SSSR count). The summed E-state index contributed by atoms with van der Waals surface area (Å²) >= 11 is 1.77. The topological polar surface area (TPSA) is 104 Å². The summed E-state index contributed by atoms with van der Waals surface area (Å²) in [5, 5.41) is 11.1. The number of hydrogen-bond acceptors (Lipinski definition) is 7. The molecule has 0 amide bonds. The van der Waals surface area contributed by atoms with Gasteiger partial charge in [-0.3, -0.25) is 10.1 Å². The van der Waals surface area contributed by atoms with Crippen LogP contribution < -0.4 is 10.1 Å². The van der Waals surface area contributed by atoms with Crippen LogP contribution in [0.1, 0.15) is 17.7 Å². The van der Waals surface area contributed by atoms with Crippen LogP contribution in [-0.4, -0.2) is 49.3 Å². The molecular weight excluding hydrogens is 482 g/mol. The van der Waals surface area contributed by atoms with Gasteiger partial charge in [0.15, 0.2) is 11.5 Å². The second-order valence-corrected chi connectivity index (χ2v) is 10.6. The van der Waals surface area contributed by atoms with Crippen LogP contribution in [-0.2, 0) is 0 Å². The summed E-state index contributed by atoms with van der Waals surface area (Å²) < 4.78 is 6.20. The van der Waals surface area contributed by atoms with Gasteiger partial charge >= 0.3 is 0 Å². The van der Waals surface area contributed by atoms with Gasteiger partial charge in [-0.15, -0.1) is 11.3 Å². The van der Waals surface area contributed by atoms with E-state index in [4.69, 9.17) is 14.7 Å². The lowest BCUT2D eigenvalue weighted by Gasteiger charge is -2.23. The second kappa shape index (κ2) is 9.10. The van der Waals surface area contributed by atoms with Gasteiger partial charge < -0.3 is 15.0 Å². The van der Waals surface area contributed by atoms with E-state index >= 15 is 0 Å². The van der Waals surface area contributed by atoms with Crippen molar-refractivity contribution in [2.24, 2.45) is 0 Å². The van der Waals surface area contributed by atoms with Crippen molar-refractivity contribution in [2.75, 3.05) is 13.1 Å². The molecule has 3 N–H and O–H groups in total. The van der Waals surface area contributed by atoms with Crippen LogP contribution in [0.2, 0.25) is 0 Å². The molecule has 9 heteroatoms. The van der Waals surface area contributed by atoms with Crippen LogP contribution in [0, 0.1) is 6.92 Å². The minimum atomic E-state index is 0.213. The van der Waals surface area contributed by atoms with E-state index < -0.39 is 0 Å². The molecule has 8 nitrogen and oxygen atoms in total. The molecule has 1 aliphatic heterocycles. The van der Waals surface area contributed by atoms with Crippen molar-refractivity contribution in [3.8, 4) is 39.0 Å². The summed E-state index contributed by atoms with van der Waals surface area (Å²) in [5.41, 5.74) is 7.03. The Kier molecular flexibility index (Phi) is 5.44. The minimum absolute atomic E-state index is 0.213. The van der Waals surface area contributed by atoms with Gasteiger partial charge in [0.1, 0.15) is 17.4 Å². The number of aryl methyl sites for hydroxylation is 1. The van der Waals surface area contributed by atoms with Gasteiger partial charge in [0.05, 0.1) is 28.4 Å². The molecule has 6 heterocycles. The van der Waals surface area contributed by atoms with E-state index in [-0.39, 0.29) is 6.10 Å². The van der Waals surface area contributed by atoms with Crippen LogP contribution in [0.5, 0.6) is 5.75 Å². The predicted molar refractivity (Wildman–Crippen MR) is 147 cm³/mol. The zero-order chi connectivity index (χ0) is 24.8. The number of piperidine rings is 1. The number of aromatic nitrogens is 6. The van der Waals surface area contributed by atoms with E-state index in [2.05, 4.69) is 56.7 Å². The Morgan fingerprint density at radius 2 is 1.86 bits per heavy atom. The Morgan fingerprint density at radius 3 is 2.73 bits per heavy atom. The van der Waals surface area contributed by atoms with E-state index in [1.54, 1.807) is 17.5 Å². The number of thiophene rings is 1. The summed E-state index contributed by atoms with van der Waals surface area (Å²) in [6.07, 6.45) is 5.80. The summed E-state index contributed by atoms with van der Waals surface area (Å²) in [6.45, 7) is 4.08. The number of nitrogens with one attached hydrogen (secondary N) is 3. The van der Waals surface area contributed by atoms with Crippen molar-refractivity contribution in [1.29, 1.82) is 0 Å². The largest absolute Gasteiger partial charge is 0.489 e. The number of ether oxygens (including phenoxy) is 1. The van der Waals surface area contributed by atoms with Crippen molar-refractivity contribution in [3.63, 3.8) is 0 Å². The minimum Gasteiger partial charge on any atom is -0.489 e. The first-order chi connectivity index (χ1) is 18.2. The molecule has 1 saturated heterocycles. The van der Waals surface area contributed by atoms with Crippen LogP contribution in [0.15, 0.2) is 60.9 Å². The molecule has 1 aliphatic rings. The standard InChI is InChI=1S/C28H25N7OS/c1-16-5-8-24(37-16)20-3-2-4-22-25(20)33-28(32-22)27-26-23(34-35-27)7-6-21(31-26)17-13-19(15-30-14-17)36-18-9-11-29-12-10-18/h2-8,13-15,18,29H,9-12H2,1H3,(H,32,33)(H,34,35). The highest BCUT2D eigenvalue weighted by atomic mass is 32.1. The Balaban J connectivity index is 1.26. The number of nitrogens with zero attached hydrogens (tertiary/aromatic N) is 4. The van der Waals surface area contributed by atoms with Crippen molar-refractivity contribution in [2.45, 2.75) is 25.9 Å². The molecule has 0 saturated carbocycles. The normalized spacial score (nSPS) is 14.5. The summed E-state index contributed by atoms with van der Waals surface area (Å²) in [5.74, 6) is 1.46. The molecule has 0 spiro atoms. The van der Waals surface area contributed by atoms with Gasteiger partial charge in [0, 0.05) is 27.1 Å². The van der Waals surface area contributed by atoms with E-state index in [9.17, 15) is 0 Å². The first kappa shape index (κ1) is 22.1. The quantitative estimate of drug-likeness (QED) is 0.275. The highest BCUT2D eigenvalue weighted by Gasteiger charge is 2.18. The van der Waals surface area contributed by atoms with E-state index in [0.29, 0.717) is 11.5 Å². The molecule has 0 aliphatic carbocycles. The molecule has 0 unspecified atom stereocenters. The van der Waals surface area contributed by atoms with Crippen LogP contribution in [0.3, 0.4) is 0 Å². The fraction of sp³-hybridized carbons (Fsp3) is 0.214. The lowest BCUT2D eigenvalue weighted by molar-refractivity contribution is 0.162. The fourth-order valence-corrected chi connectivity index (χ4v) is 5.77. The van der Waals surface area contributed by atoms with E-state index in [1.165, 1.54) is 9.75 Å². The molecule has 0 atom stereocenters. The molecule has 184 valence electrons. The summed E-state index contributed by atoms with van der Waals surface area (Å²) in [6, 6.07) is 16.5. The fourth-order valence-electron chi connectivity index (χ4n) is 4.88. The predicted octanol–water partition coefficient (Wildman–Crippen LogP) is 5.73. The van der Waals surface area contributed by atoms with Gasteiger partial charge in [0.25, 0.3) is 0 Å². The first-order valence-corrected chi connectivity index (χ1v) is 13.3. The average molecular weight is 508 g/mol. The lowest BCUT2D eigenvalue weighted by Crippen LogP contribution is -2.34. The molecule has 1 fully saturated rings. The van der Waals surface area contributed by atoms with E-state index in [1.807, 2.05) is 30.5 Å². The highest BCUT2D eigenvalue weighted by Crippen LogP contribution is 2.35. The molecule has 0 radical (unpaired) electrons. The number of benzene rings is 1. The Labute approximate surface area is 217 Å². The van der Waals surface area contributed by atoms with Crippen molar-refractivity contribution < 1.29 is 4.74 Å². The Morgan fingerprint density at radius 1 is 0.946 bits per heavy atom. The monoisotopic (exact) mass is 507 g/mol. The van der Waals surface area contributed by atoms with E-state index in [0.717, 1.165) is 70.6 Å². The van der Waals surface area contributed by atoms with Gasteiger partial charge in [-0.05, 0) is 69.3 Å². The van der Waals surface area contributed by atoms with Gasteiger partial charge in [-0.1, -0.05) is 12.1 Å². The Hall–Kier alpha value is -4.08. The third-order valence-electron chi connectivity index (χ3n) is 6.75. The summed E-state index contributed by atoms with van der Waals surface area (Å²) in [4.78, 5) is 20.3. The number of fused-ring (bicyclic) bond motifs is 2. The SMILES string of the molecule is Cc1ccc(-c2cccc3[nH]c(-c4n[nH]c5ccc(-c6cncc(OC7CCNCC7)c6)nc45)nc23)s1. The number of rotatable bonds is 5. The first-order valence-electron chi connectivity index (χ1n) is 12.4. The molecule has 5 aromatic heterocycles. The third kappa shape index (κ3) is 4.16. The lowest BCUT2D eigenvalue weighted by atomic mass is 10.1. The number of imidazole rings is 1. The number of H-pyrrole nitrogens is 2. The van der Waals surface area contributed by atoms with Crippen LogP contribution in [0.25, 0.3) is 55.3 Å². The maximum atomic E-state index is 6.20. The summed E-state index contributed by atoms with van der Waals surface area (Å²) in [7, 11) is 0.